The Morgan fingerprint density at radius 3 is 2.69 bits per heavy atom. The van der Waals surface area contributed by atoms with E-state index in [9.17, 15) is 0 Å². The Hall–Kier alpha value is -1.68. The zero-order chi connectivity index (χ0) is 19.2. The second-order valence-electron chi connectivity index (χ2n) is 7.85. The molecule has 29 heavy (non-hydrogen) atoms. The van der Waals surface area contributed by atoms with Crippen LogP contribution >= 0.6 is 24.0 Å². The topological polar surface area (TPSA) is 81.2 Å². The SMILES string of the molecule is CN=C(NCc1cccc(-c2ncn[nH]2)c1)NC1CCN(C2CCCC2)CC1.I. The third kappa shape index (κ3) is 5.91. The number of aromatic amines is 1. The average molecular weight is 509 g/mol. The molecular formula is C21H32IN7. The van der Waals surface area contributed by atoms with Crippen molar-refractivity contribution < 1.29 is 0 Å². The van der Waals surface area contributed by atoms with Crippen LogP contribution in [0.5, 0.6) is 0 Å². The van der Waals surface area contributed by atoms with Gasteiger partial charge < -0.3 is 15.5 Å². The number of likely N-dealkylation sites (tertiary alicyclic amines) is 1. The summed E-state index contributed by atoms with van der Waals surface area (Å²) in [7, 11) is 1.84. The zero-order valence-corrected chi connectivity index (χ0v) is 19.4. The molecule has 1 aliphatic carbocycles. The molecule has 7 nitrogen and oxygen atoms in total. The molecule has 2 aromatic rings. The number of rotatable bonds is 5. The zero-order valence-electron chi connectivity index (χ0n) is 17.1. The first kappa shape index (κ1) is 22.0. The molecule has 2 aliphatic rings. The van der Waals surface area contributed by atoms with Crippen LogP contribution in [0.4, 0.5) is 0 Å². The van der Waals surface area contributed by atoms with Gasteiger partial charge in [0.1, 0.15) is 6.33 Å². The largest absolute Gasteiger partial charge is 0.354 e. The molecule has 8 heteroatoms. The molecule has 2 fully saturated rings. The standard InChI is InChI=1S/C21H31N7.HI/c1-22-21(26-18-9-11-28(12-10-18)19-7-2-3-8-19)23-14-16-5-4-6-17(13-16)20-24-15-25-27-20;/h4-6,13,15,18-19H,2-3,7-12,14H2,1H3,(H2,22,23,26)(H,24,25,27);1H. The van der Waals surface area contributed by atoms with Crippen LogP contribution in [0.2, 0.25) is 0 Å². The van der Waals surface area contributed by atoms with Crippen molar-refractivity contribution in [3.8, 4) is 11.4 Å². The highest BCUT2D eigenvalue weighted by molar-refractivity contribution is 14.0. The van der Waals surface area contributed by atoms with Gasteiger partial charge in [0.2, 0.25) is 0 Å². The predicted molar refractivity (Wildman–Crippen MR) is 127 cm³/mol. The van der Waals surface area contributed by atoms with E-state index in [2.05, 4.69) is 47.8 Å². The van der Waals surface area contributed by atoms with Crippen LogP contribution in [-0.4, -0.2) is 58.3 Å². The summed E-state index contributed by atoms with van der Waals surface area (Å²) in [6, 6.07) is 9.67. The molecular weight excluding hydrogens is 477 g/mol. The Labute approximate surface area is 190 Å². The second kappa shape index (κ2) is 10.9. The lowest BCUT2D eigenvalue weighted by atomic mass is 10.0. The Bertz CT molecular complexity index is 763. The normalized spacial score (nSPS) is 19.1. The fraction of sp³-hybridized carbons (Fsp3) is 0.571. The molecule has 1 saturated heterocycles. The van der Waals surface area contributed by atoms with Crippen LogP contribution in [0, 0.1) is 0 Å². The molecule has 158 valence electrons. The van der Waals surface area contributed by atoms with Crippen molar-refractivity contribution in [1.82, 2.24) is 30.7 Å². The third-order valence-electron chi connectivity index (χ3n) is 6.01. The highest BCUT2D eigenvalue weighted by Crippen LogP contribution is 2.26. The van der Waals surface area contributed by atoms with E-state index in [1.807, 2.05) is 19.2 Å². The molecule has 0 amide bonds. The summed E-state index contributed by atoms with van der Waals surface area (Å²) in [5.41, 5.74) is 2.23. The Kier molecular flexibility index (Phi) is 8.29. The van der Waals surface area contributed by atoms with Gasteiger partial charge in [-0.2, -0.15) is 5.10 Å². The van der Waals surface area contributed by atoms with Crippen LogP contribution in [0.15, 0.2) is 35.6 Å². The van der Waals surface area contributed by atoms with E-state index in [4.69, 9.17) is 0 Å². The molecule has 4 rings (SSSR count). The number of benzene rings is 1. The number of nitrogens with one attached hydrogen (secondary N) is 3. The van der Waals surface area contributed by atoms with Gasteiger partial charge in [-0.25, -0.2) is 4.98 Å². The molecule has 1 saturated carbocycles. The maximum atomic E-state index is 4.42. The lowest BCUT2D eigenvalue weighted by Gasteiger charge is -2.36. The first-order chi connectivity index (χ1) is 13.8. The summed E-state index contributed by atoms with van der Waals surface area (Å²) < 4.78 is 0. The lowest BCUT2D eigenvalue weighted by Crippen LogP contribution is -2.50. The number of aliphatic imine (C=N–C) groups is 1. The van der Waals surface area contributed by atoms with Gasteiger partial charge in [0, 0.05) is 44.3 Å². The van der Waals surface area contributed by atoms with Crippen molar-refractivity contribution in [2.75, 3.05) is 20.1 Å². The van der Waals surface area contributed by atoms with E-state index in [-0.39, 0.29) is 24.0 Å². The minimum atomic E-state index is 0. The van der Waals surface area contributed by atoms with Gasteiger partial charge in [-0.05, 0) is 37.3 Å². The molecule has 0 spiro atoms. The number of nitrogens with zero attached hydrogens (tertiary/aromatic N) is 4. The van der Waals surface area contributed by atoms with Crippen molar-refractivity contribution in [2.45, 2.75) is 57.2 Å². The quantitative estimate of drug-likeness (QED) is 0.328. The van der Waals surface area contributed by atoms with E-state index in [1.165, 1.54) is 63.5 Å². The van der Waals surface area contributed by atoms with Gasteiger partial charge in [0.25, 0.3) is 0 Å². The van der Waals surface area contributed by atoms with Crippen molar-refractivity contribution in [3.63, 3.8) is 0 Å². The summed E-state index contributed by atoms with van der Waals surface area (Å²) in [6.07, 6.45) is 9.54. The smallest absolute Gasteiger partial charge is 0.191 e. The van der Waals surface area contributed by atoms with Gasteiger partial charge in [-0.3, -0.25) is 10.1 Å². The number of aromatic nitrogens is 3. The van der Waals surface area contributed by atoms with E-state index < -0.39 is 0 Å². The van der Waals surface area contributed by atoms with Crippen LogP contribution in [-0.2, 0) is 6.54 Å². The van der Waals surface area contributed by atoms with Crippen LogP contribution in [0.25, 0.3) is 11.4 Å². The molecule has 1 aromatic heterocycles. The van der Waals surface area contributed by atoms with E-state index >= 15 is 0 Å². The maximum Gasteiger partial charge on any atom is 0.191 e. The molecule has 3 N–H and O–H groups in total. The molecule has 0 atom stereocenters. The second-order valence-corrected chi connectivity index (χ2v) is 7.85. The Morgan fingerprint density at radius 1 is 1.21 bits per heavy atom. The molecule has 0 unspecified atom stereocenters. The third-order valence-corrected chi connectivity index (χ3v) is 6.01. The molecule has 1 aliphatic heterocycles. The van der Waals surface area contributed by atoms with Crippen molar-refractivity contribution in [3.05, 3.63) is 36.2 Å². The van der Waals surface area contributed by atoms with Gasteiger partial charge in [-0.15, -0.1) is 24.0 Å². The van der Waals surface area contributed by atoms with E-state index in [0.29, 0.717) is 6.04 Å². The van der Waals surface area contributed by atoms with Gasteiger partial charge in [-0.1, -0.05) is 31.0 Å². The highest BCUT2D eigenvalue weighted by Gasteiger charge is 2.27. The number of guanidine groups is 1. The van der Waals surface area contributed by atoms with Crippen LogP contribution in [0.1, 0.15) is 44.1 Å². The fourth-order valence-electron chi connectivity index (χ4n) is 4.43. The van der Waals surface area contributed by atoms with Gasteiger partial charge >= 0.3 is 0 Å². The van der Waals surface area contributed by atoms with Crippen LogP contribution in [0.3, 0.4) is 0 Å². The van der Waals surface area contributed by atoms with Gasteiger partial charge in [0.05, 0.1) is 0 Å². The number of hydrogen-bond acceptors (Lipinski definition) is 4. The summed E-state index contributed by atoms with van der Waals surface area (Å²) >= 11 is 0. The fourth-order valence-corrected chi connectivity index (χ4v) is 4.43. The summed E-state index contributed by atoms with van der Waals surface area (Å²) in [6.45, 7) is 3.14. The predicted octanol–water partition coefficient (Wildman–Crippen LogP) is 3.16. The van der Waals surface area contributed by atoms with E-state index in [0.717, 1.165) is 29.9 Å². The Morgan fingerprint density at radius 2 is 2.00 bits per heavy atom. The summed E-state index contributed by atoms with van der Waals surface area (Å²) in [5, 5.41) is 13.9. The average Bonchev–Trinajstić information content (AvgIpc) is 3.46. The minimum absolute atomic E-state index is 0. The highest BCUT2D eigenvalue weighted by atomic mass is 127. The summed E-state index contributed by atoms with van der Waals surface area (Å²) in [5.74, 6) is 1.67. The van der Waals surface area contributed by atoms with Crippen molar-refractivity contribution in [1.29, 1.82) is 0 Å². The van der Waals surface area contributed by atoms with Crippen molar-refractivity contribution >= 4 is 29.9 Å². The molecule has 0 bridgehead atoms. The minimum Gasteiger partial charge on any atom is -0.354 e. The number of halogens is 1. The molecule has 0 radical (unpaired) electrons. The molecule has 1 aromatic carbocycles. The Balaban J connectivity index is 0.00000240. The van der Waals surface area contributed by atoms with Crippen molar-refractivity contribution in [2.24, 2.45) is 4.99 Å². The van der Waals surface area contributed by atoms with Gasteiger partial charge in [0.15, 0.2) is 11.8 Å². The first-order valence-corrected chi connectivity index (χ1v) is 10.5. The van der Waals surface area contributed by atoms with E-state index in [1.54, 1.807) is 0 Å². The number of H-pyrrole nitrogens is 1. The van der Waals surface area contributed by atoms with Crippen LogP contribution < -0.4 is 10.6 Å². The lowest BCUT2D eigenvalue weighted by molar-refractivity contribution is 0.150. The molecule has 2 heterocycles. The number of piperidine rings is 1. The summed E-state index contributed by atoms with van der Waals surface area (Å²) in [4.78, 5) is 11.3. The number of hydrogen-bond donors (Lipinski definition) is 3. The first-order valence-electron chi connectivity index (χ1n) is 10.5. The maximum absolute atomic E-state index is 4.42. The monoisotopic (exact) mass is 509 g/mol.